The first-order chi connectivity index (χ1) is 5.74. The predicted molar refractivity (Wildman–Crippen MR) is 54.2 cm³/mol. The zero-order valence-corrected chi connectivity index (χ0v) is 7.88. The second-order valence-electron chi connectivity index (χ2n) is 3.36. The molecule has 0 unspecified atom stereocenters. The van der Waals surface area contributed by atoms with Crippen molar-refractivity contribution in [2.45, 2.75) is 32.6 Å². The molecule has 0 aliphatic carbocycles. The van der Waals surface area contributed by atoms with Crippen molar-refractivity contribution >= 4 is 5.69 Å². The van der Waals surface area contributed by atoms with Crippen LogP contribution < -0.4 is 5.73 Å². The lowest BCUT2D eigenvalue weighted by Gasteiger charge is -2.09. The smallest absolute Gasteiger partial charge is 0.0314 e. The van der Waals surface area contributed by atoms with Gasteiger partial charge in [0.05, 0.1) is 0 Å². The van der Waals surface area contributed by atoms with Crippen molar-refractivity contribution in [1.29, 1.82) is 0 Å². The van der Waals surface area contributed by atoms with E-state index in [-0.39, 0.29) is 0 Å². The van der Waals surface area contributed by atoms with Crippen LogP contribution in [0.15, 0.2) is 24.3 Å². The standard InChI is InChI=1S/C11H17N/c1-3-4-9(2)10-5-7-11(12)8-6-10/h5-9H,3-4,12H2,1-2H3/t9-/m1/s1. The highest BCUT2D eigenvalue weighted by Crippen LogP contribution is 2.20. The first-order valence-corrected chi connectivity index (χ1v) is 4.59. The van der Waals surface area contributed by atoms with Crippen LogP contribution in [0.2, 0.25) is 0 Å². The van der Waals surface area contributed by atoms with E-state index in [0.717, 1.165) is 5.69 Å². The van der Waals surface area contributed by atoms with Crippen molar-refractivity contribution in [3.05, 3.63) is 29.8 Å². The summed E-state index contributed by atoms with van der Waals surface area (Å²) in [5.41, 5.74) is 7.84. The van der Waals surface area contributed by atoms with Gasteiger partial charge in [-0.1, -0.05) is 32.4 Å². The molecule has 0 spiro atoms. The fourth-order valence-corrected chi connectivity index (χ4v) is 1.42. The Kier molecular flexibility index (Phi) is 3.15. The maximum absolute atomic E-state index is 5.60. The van der Waals surface area contributed by atoms with Gasteiger partial charge in [0.2, 0.25) is 0 Å². The Bertz CT molecular complexity index is 225. The van der Waals surface area contributed by atoms with Gasteiger partial charge in [0, 0.05) is 5.69 Å². The third-order valence-corrected chi connectivity index (χ3v) is 2.23. The van der Waals surface area contributed by atoms with E-state index in [9.17, 15) is 0 Å². The van der Waals surface area contributed by atoms with Gasteiger partial charge in [-0.2, -0.15) is 0 Å². The van der Waals surface area contributed by atoms with E-state index in [1.807, 2.05) is 12.1 Å². The molecule has 0 aliphatic heterocycles. The van der Waals surface area contributed by atoms with Crippen LogP contribution in [0.3, 0.4) is 0 Å². The Hall–Kier alpha value is -0.980. The summed E-state index contributed by atoms with van der Waals surface area (Å²) in [6, 6.07) is 8.19. The third-order valence-electron chi connectivity index (χ3n) is 2.23. The number of benzene rings is 1. The van der Waals surface area contributed by atoms with Crippen molar-refractivity contribution in [2.24, 2.45) is 0 Å². The molecular formula is C11H17N. The Morgan fingerprint density at radius 2 is 1.83 bits per heavy atom. The Labute approximate surface area is 74.6 Å². The molecule has 12 heavy (non-hydrogen) atoms. The van der Waals surface area contributed by atoms with E-state index >= 15 is 0 Å². The maximum Gasteiger partial charge on any atom is 0.0314 e. The molecule has 1 aromatic rings. The number of nitrogen functional groups attached to an aromatic ring is 1. The summed E-state index contributed by atoms with van der Waals surface area (Å²) in [4.78, 5) is 0. The summed E-state index contributed by atoms with van der Waals surface area (Å²) >= 11 is 0. The number of hydrogen-bond acceptors (Lipinski definition) is 1. The highest BCUT2D eigenvalue weighted by Gasteiger charge is 2.02. The molecule has 0 saturated heterocycles. The average Bonchev–Trinajstić information content (AvgIpc) is 2.06. The summed E-state index contributed by atoms with van der Waals surface area (Å²) in [7, 11) is 0. The van der Waals surface area contributed by atoms with Crippen LogP contribution in [-0.4, -0.2) is 0 Å². The SMILES string of the molecule is CCC[C@@H](C)c1ccc(N)cc1. The lowest BCUT2D eigenvalue weighted by molar-refractivity contribution is 0.665. The van der Waals surface area contributed by atoms with Gasteiger partial charge in [0.25, 0.3) is 0 Å². The van der Waals surface area contributed by atoms with Gasteiger partial charge in [-0.15, -0.1) is 0 Å². The molecule has 0 heterocycles. The van der Waals surface area contributed by atoms with E-state index in [0.29, 0.717) is 5.92 Å². The van der Waals surface area contributed by atoms with Crippen molar-refractivity contribution in [3.63, 3.8) is 0 Å². The van der Waals surface area contributed by atoms with Gasteiger partial charge in [-0.05, 0) is 30.0 Å². The Morgan fingerprint density at radius 3 is 2.33 bits per heavy atom. The van der Waals surface area contributed by atoms with E-state index < -0.39 is 0 Å². The van der Waals surface area contributed by atoms with Crippen molar-refractivity contribution in [3.8, 4) is 0 Å². The summed E-state index contributed by atoms with van der Waals surface area (Å²) < 4.78 is 0. The second kappa shape index (κ2) is 4.15. The van der Waals surface area contributed by atoms with Crippen LogP contribution in [0.5, 0.6) is 0 Å². The van der Waals surface area contributed by atoms with E-state index in [1.165, 1.54) is 18.4 Å². The van der Waals surface area contributed by atoms with E-state index in [1.54, 1.807) is 0 Å². The molecule has 0 amide bonds. The van der Waals surface area contributed by atoms with Crippen LogP contribution in [0.25, 0.3) is 0 Å². The summed E-state index contributed by atoms with van der Waals surface area (Å²) in [5.74, 6) is 0.663. The van der Waals surface area contributed by atoms with E-state index in [2.05, 4.69) is 26.0 Å². The summed E-state index contributed by atoms with van der Waals surface area (Å²) in [6.07, 6.45) is 2.50. The second-order valence-corrected chi connectivity index (χ2v) is 3.36. The van der Waals surface area contributed by atoms with Gasteiger partial charge >= 0.3 is 0 Å². The normalized spacial score (nSPS) is 12.8. The fourth-order valence-electron chi connectivity index (χ4n) is 1.42. The highest BCUT2D eigenvalue weighted by molar-refractivity contribution is 5.40. The molecule has 0 fully saturated rings. The summed E-state index contributed by atoms with van der Waals surface area (Å²) in [6.45, 7) is 4.48. The molecule has 1 atom stereocenters. The molecule has 66 valence electrons. The van der Waals surface area contributed by atoms with Crippen molar-refractivity contribution in [2.75, 3.05) is 5.73 Å². The molecule has 0 saturated carbocycles. The Morgan fingerprint density at radius 1 is 1.25 bits per heavy atom. The quantitative estimate of drug-likeness (QED) is 0.680. The molecule has 1 nitrogen and oxygen atoms in total. The topological polar surface area (TPSA) is 26.0 Å². The molecule has 1 rings (SSSR count). The number of nitrogens with two attached hydrogens (primary N) is 1. The van der Waals surface area contributed by atoms with Crippen LogP contribution >= 0.6 is 0 Å². The third kappa shape index (κ3) is 2.26. The molecule has 0 aliphatic rings. The zero-order valence-electron chi connectivity index (χ0n) is 7.88. The molecule has 1 aromatic carbocycles. The number of anilines is 1. The monoisotopic (exact) mass is 163 g/mol. The molecule has 1 heteroatoms. The van der Waals surface area contributed by atoms with Gasteiger partial charge in [-0.25, -0.2) is 0 Å². The predicted octanol–water partition coefficient (Wildman–Crippen LogP) is 3.17. The van der Waals surface area contributed by atoms with Crippen LogP contribution in [0, 0.1) is 0 Å². The summed E-state index contributed by atoms with van der Waals surface area (Å²) in [5, 5.41) is 0. The highest BCUT2D eigenvalue weighted by atomic mass is 14.5. The number of hydrogen-bond donors (Lipinski definition) is 1. The lowest BCUT2D eigenvalue weighted by atomic mass is 9.96. The largest absolute Gasteiger partial charge is 0.399 e. The van der Waals surface area contributed by atoms with Gasteiger partial charge < -0.3 is 5.73 Å². The minimum Gasteiger partial charge on any atom is -0.399 e. The van der Waals surface area contributed by atoms with Crippen molar-refractivity contribution in [1.82, 2.24) is 0 Å². The molecule has 0 radical (unpaired) electrons. The fraction of sp³-hybridized carbons (Fsp3) is 0.455. The first-order valence-electron chi connectivity index (χ1n) is 4.59. The maximum atomic E-state index is 5.60. The molecule has 0 bridgehead atoms. The Balaban J connectivity index is 2.68. The first kappa shape index (κ1) is 9.11. The minimum atomic E-state index is 0.663. The lowest BCUT2D eigenvalue weighted by Crippen LogP contribution is -1.93. The van der Waals surface area contributed by atoms with Gasteiger partial charge in [-0.3, -0.25) is 0 Å². The number of rotatable bonds is 3. The van der Waals surface area contributed by atoms with Crippen LogP contribution in [-0.2, 0) is 0 Å². The van der Waals surface area contributed by atoms with Gasteiger partial charge in [0.15, 0.2) is 0 Å². The molecule has 0 aromatic heterocycles. The molecule has 2 N–H and O–H groups in total. The van der Waals surface area contributed by atoms with Gasteiger partial charge in [0.1, 0.15) is 0 Å². The molecular weight excluding hydrogens is 146 g/mol. The van der Waals surface area contributed by atoms with E-state index in [4.69, 9.17) is 5.73 Å². The average molecular weight is 163 g/mol. The van der Waals surface area contributed by atoms with Crippen LogP contribution in [0.1, 0.15) is 38.2 Å². The minimum absolute atomic E-state index is 0.663. The van der Waals surface area contributed by atoms with Crippen LogP contribution in [0.4, 0.5) is 5.69 Å². The zero-order chi connectivity index (χ0) is 8.97. The van der Waals surface area contributed by atoms with Crippen molar-refractivity contribution < 1.29 is 0 Å².